The van der Waals surface area contributed by atoms with E-state index in [0.717, 1.165) is 34.4 Å². The van der Waals surface area contributed by atoms with Crippen molar-refractivity contribution in [3.63, 3.8) is 0 Å². The van der Waals surface area contributed by atoms with Crippen molar-refractivity contribution in [2.24, 2.45) is 0 Å². The highest BCUT2D eigenvalue weighted by atomic mass is 32.2. The molecule has 0 amide bonds. The van der Waals surface area contributed by atoms with Gasteiger partial charge in [0.1, 0.15) is 0 Å². The van der Waals surface area contributed by atoms with Gasteiger partial charge in [0.05, 0.1) is 11.1 Å². The average molecular weight is 389 g/mol. The summed E-state index contributed by atoms with van der Waals surface area (Å²) < 4.78 is 40.3. The van der Waals surface area contributed by atoms with Crippen molar-refractivity contribution in [2.75, 3.05) is 16.8 Å². The highest BCUT2D eigenvalue weighted by Crippen LogP contribution is 2.41. The van der Waals surface area contributed by atoms with Crippen LogP contribution < -0.4 is 5.32 Å². The van der Waals surface area contributed by atoms with Crippen LogP contribution in [0.4, 0.5) is 18.9 Å². The van der Waals surface area contributed by atoms with Gasteiger partial charge in [-0.1, -0.05) is 36.4 Å². The van der Waals surface area contributed by atoms with Crippen molar-refractivity contribution in [1.29, 1.82) is 0 Å². The van der Waals surface area contributed by atoms with E-state index in [4.69, 9.17) is 0 Å². The van der Waals surface area contributed by atoms with Crippen LogP contribution in [0.5, 0.6) is 0 Å². The van der Waals surface area contributed by atoms with Crippen LogP contribution in [0, 0.1) is 0 Å². The first kappa shape index (κ1) is 19.6. The summed E-state index contributed by atoms with van der Waals surface area (Å²) >= 11 is 1.74. The molecule has 1 N–H and O–H groups in total. The standard InChI is InChI=1S/C22H22F3NS/c1-4-11-27-14-16-13-21(2,3)26-20-10-9-15(12-18(16)20)17-7-5-6-8-19(17)22(23,24)25/h4-10,12-13,26H,1,11,14H2,2-3H3. The summed E-state index contributed by atoms with van der Waals surface area (Å²) in [5.74, 6) is 1.62. The quantitative estimate of drug-likeness (QED) is 0.442. The summed E-state index contributed by atoms with van der Waals surface area (Å²) in [7, 11) is 0. The third-order valence-electron chi connectivity index (χ3n) is 4.39. The smallest absolute Gasteiger partial charge is 0.376 e. The van der Waals surface area contributed by atoms with Gasteiger partial charge in [0.15, 0.2) is 0 Å². The Bertz CT molecular complexity index is 881. The van der Waals surface area contributed by atoms with E-state index in [0.29, 0.717) is 5.56 Å². The number of alkyl halides is 3. The molecule has 5 heteroatoms. The number of benzene rings is 2. The summed E-state index contributed by atoms with van der Waals surface area (Å²) in [5.41, 5.74) is 3.00. The van der Waals surface area contributed by atoms with Crippen LogP contribution in [0.1, 0.15) is 25.0 Å². The molecule has 2 aromatic rings. The van der Waals surface area contributed by atoms with Crippen molar-refractivity contribution in [3.8, 4) is 11.1 Å². The van der Waals surface area contributed by atoms with E-state index in [1.165, 1.54) is 12.1 Å². The van der Waals surface area contributed by atoms with Crippen LogP contribution in [0.25, 0.3) is 16.7 Å². The first-order valence-electron chi connectivity index (χ1n) is 8.71. The summed E-state index contributed by atoms with van der Waals surface area (Å²) in [5, 5.41) is 3.45. The highest BCUT2D eigenvalue weighted by molar-refractivity contribution is 7.99. The van der Waals surface area contributed by atoms with Gasteiger partial charge in [-0.2, -0.15) is 24.9 Å². The number of thioether (sulfide) groups is 1. The molecule has 1 aliphatic heterocycles. The Balaban J connectivity index is 2.07. The number of rotatable bonds is 5. The Kier molecular flexibility index (Phi) is 5.43. The number of halogens is 3. The number of anilines is 1. The van der Waals surface area contributed by atoms with E-state index in [2.05, 4.69) is 31.8 Å². The molecule has 1 heterocycles. The fraction of sp³-hybridized carbons (Fsp3) is 0.273. The van der Waals surface area contributed by atoms with Crippen LogP contribution in [0.3, 0.4) is 0 Å². The predicted octanol–water partition coefficient (Wildman–Crippen LogP) is 6.88. The first-order valence-corrected chi connectivity index (χ1v) is 9.86. The van der Waals surface area contributed by atoms with Crippen molar-refractivity contribution in [2.45, 2.75) is 25.6 Å². The SMILES string of the molecule is C=CCSCC1=CC(C)(C)Nc2ccc(-c3ccccc3C(F)(F)F)cc21. The van der Waals surface area contributed by atoms with Crippen LogP contribution >= 0.6 is 11.8 Å². The van der Waals surface area contributed by atoms with Gasteiger partial charge in [0.25, 0.3) is 0 Å². The Labute approximate surface area is 162 Å². The molecule has 0 saturated heterocycles. The lowest BCUT2D eigenvalue weighted by atomic mass is 9.88. The monoisotopic (exact) mass is 389 g/mol. The van der Waals surface area contributed by atoms with Crippen LogP contribution in [0.15, 0.2) is 61.2 Å². The molecule has 0 unspecified atom stereocenters. The molecule has 1 aliphatic rings. The summed E-state index contributed by atoms with van der Waals surface area (Å²) in [6.45, 7) is 7.91. The molecule has 0 bridgehead atoms. The second-order valence-corrected chi connectivity index (χ2v) is 8.15. The third-order valence-corrected chi connectivity index (χ3v) is 5.38. The number of nitrogens with one attached hydrogen (secondary N) is 1. The first-order chi connectivity index (χ1) is 12.7. The molecular weight excluding hydrogens is 367 g/mol. The van der Waals surface area contributed by atoms with E-state index in [1.54, 1.807) is 23.9 Å². The molecule has 27 heavy (non-hydrogen) atoms. The van der Waals surface area contributed by atoms with Crippen LogP contribution in [-0.2, 0) is 6.18 Å². The van der Waals surface area contributed by atoms with Crippen LogP contribution in [-0.4, -0.2) is 17.0 Å². The minimum Gasteiger partial charge on any atom is -0.376 e. The maximum atomic E-state index is 13.4. The Morgan fingerprint density at radius 2 is 1.85 bits per heavy atom. The molecule has 0 atom stereocenters. The van der Waals surface area contributed by atoms with Gasteiger partial charge < -0.3 is 5.32 Å². The lowest BCUT2D eigenvalue weighted by Crippen LogP contribution is -2.32. The minimum absolute atomic E-state index is 0.204. The molecular formula is C22H22F3NS. The molecule has 0 radical (unpaired) electrons. The third kappa shape index (κ3) is 4.41. The fourth-order valence-electron chi connectivity index (χ4n) is 3.34. The Hall–Kier alpha value is -2.14. The average Bonchev–Trinajstić information content (AvgIpc) is 2.60. The second-order valence-electron chi connectivity index (χ2n) is 7.12. The second kappa shape index (κ2) is 7.47. The Morgan fingerprint density at radius 1 is 1.11 bits per heavy atom. The minimum atomic E-state index is -4.38. The highest BCUT2D eigenvalue weighted by Gasteiger charge is 2.33. The number of hydrogen-bond acceptors (Lipinski definition) is 2. The molecule has 3 rings (SSSR count). The van der Waals surface area contributed by atoms with Gasteiger partial charge in [-0.05, 0) is 48.7 Å². The zero-order valence-corrected chi connectivity index (χ0v) is 16.2. The van der Waals surface area contributed by atoms with Gasteiger partial charge in [-0.3, -0.25) is 0 Å². The number of hydrogen-bond donors (Lipinski definition) is 1. The summed E-state index contributed by atoms with van der Waals surface area (Å²) in [6.07, 6.45) is -0.371. The van der Waals surface area contributed by atoms with Gasteiger partial charge in [0, 0.05) is 22.8 Å². The molecule has 0 aromatic heterocycles. The topological polar surface area (TPSA) is 12.0 Å². The zero-order chi connectivity index (χ0) is 19.7. The molecule has 1 nitrogen and oxygen atoms in total. The maximum Gasteiger partial charge on any atom is 0.417 e. The predicted molar refractivity (Wildman–Crippen MR) is 110 cm³/mol. The zero-order valence-electron chi connectivity index (χ0n) is 15.4. The van der Waals surface area contributed by atoms with E-state index < -0.39 is 11.7 Å². The van der Waals surface area contributed by atoms with E-state index in [9.17, 15) is 13.2 Å². The van der Waals surface area contributed by atoms with Crippen molar-refractivity contribution < 1.29 is 13.2 Å². The Morgan fingerprint density at radius 3 is 2.56 bits per heavy atom. The normalized spacial score (nSPS) is 15.5. The molecule has 2 aromatic carbocycles. The van der Waals surface area contributed by atoms with E-state index >= 15 is 0 Å². The van der Waals surface area contributed by atoms with Crippen molar-refractivity contribution in [1.82, 2.24) is 0 Å². The molecule has 142 valence electrons. The van der Waals surface area contributed by atoms with Gasteiger partial charge in [-0.15, -0.1) is 6.58 Å². The lowest BCUT2D eigenvalue weighted by Gasteiger charge is -2.32. The van der Waals surface area contributed by atoms with Gasteiger partial charge in [-0.25, -0.2) is 0 Å². The summed E-state index contributed by atoms with van der Waals surface area (Å²) in [6, 6.07) is 11.2. The van der Waals surface area contributed by atoms with Crippen molar-refractivity contribution >= 4 is 23.0 Å². The van der Waals surface area contributed by atoms with Crippen LogP contribution in [0.2, 0.25) is 0 Å². The molecule has 0 spiro atoms. The fourth-order valence-corrected chi connectivity index (χ4v) is 4.08. The lowest BCUT2D eigenvalue weighted by molar-refractivity contribution is -0.137. The largest absolute Gasteiger partial charge is 0.417 e. The van der Waals surface area contributed by atoms with E-state index in [-0.39, 0.29) is 11.1 Å². The molecule has 0 fully saturated rings. The van der Waals surface area contributed by atoms with Gasteiger partial charge >= 0.3 is 6.18 Å². The number of fused-ring (bicyclic) bond motifs is 1. The molecule has 0 saturated carbocycles. The van der Waals surface area contributed by atoms with Gasteiger partial charge in [0.2, 0.25) is 0 Å². The summed E-state index contributed by atoms with van der Waals surface area (Å²) in [4.78, 5) is 0. The van der Waals surface area contributed by atoms with Crippen molar-refractivity contribution in [3.05, 3.63) is 72.3 Å². The maximum absolute atomic E-state index is 13.4. The van der Waals surface area contributed by atoms with E-state index in [1.807, 2.05) is 18.2 Å². The molecule has 0 aliphatic carbocycles.